The number of hydrogen-bond donors (Lipinski definition) is 1. The van der Waals surface area contributed by atoms with Gasteiger partial charge in [-0.1, -0.05) is 0 Å². The van der Waals surface area contributed by atoms with E-state index < -0.39 is 0 Å². The van der Waals surface area contributed by atoms with Gasteiger partial charge < -0.3 is 14.6 Å². The van der Waals surface area contributed by atoms with Crippen LogP contribution in [0.2, 0.25) is 0 Å². The Kier molecular flexibility index (Phi) is 4.73. The largest absolute Gasteiger partial charge is 0.381 e. The molecule has 0 unspecified atom stereocenters. The molecule has 1 N–H and O–H groups in total. The monoisotopic (exact) mass is 277 g/mol. The van der Waals surface area contributed by atoms with Crippen LogP contribution in [0.3, 0.4) is 0 Å². The summed E-state index contributed by atoms with van der Waals surface area (Å²) in [5.41, 5.74) is 1.32. The maximum absolute atomic E-state index is 5.48. The fraction of sp³-hybridized carbons (Fsp3) is 0.812. The van der Waals surface area contributed by atoms with Gasteiger partial charge in [-0.2, -0.15) is 0 Å². The van der Waals surface area contributed by atoms with Gasteiger partial charge in [0.15, 0.2) is 0 Å². The molecule has 2 saturated heterocycles. The van der Waals surface area contributed by atoms with Crippen molar-refractivity contribution in [3.63, 3.8) is 0 Å². The van der Waals surface area contributed by atoms with E-state index in [2.05, 4.69) is 16.8 Å². The highest BCUT2D eigenvalue weighted by atomic mass is 16.5. The van der Waals surface area contributed by atoms with Crippen LogP contribution in [0.1, 0.15) is 49.5 Å². The van der Waals surface area contributed by atoms with E-state index in [1.165, 1.54) is 43.9 Å². The van der Waals surface area contributed by atoms with Gasteiger partial charge in [0, 0.05) is 37.6 Å². The number of rotatable bonds is 4. The minimum Gasteiger partial charge on any atom is -0.381 e. The van der Waals surface area contributed by atoms with Crippen molar-refractivity contribution in [3.05, 3.63) is 17.7 Å². The molecule has 0 aromatic carbocycles. The standard InChI is InChI=1S/C16H27N3O/c1-13-12-18-16(15-5-10-20-11-6-15)19(13)9-4-14-2-7-17-8-3-14/h12,14-15,17H,2-11H2,1H3. The number of aromatic nitrogens is 2. The number of hydrogen-bond acceptors (Lipinski definition) is 3. The SMILES string of the molecule is Cc1cnc(C2CCOCC2)n1CCC1CCNCC1. The Morgan fingerprint density at radius 1 is 1.25 bits per heavy atom. The first-order chi connectivity index (χ1) is 9.84. The average Bonchev–Trinajstić information content (AvgIpc) is 2.88. The predicted molar refractivity (Wildman–Crippen MR) is 80.0 cm³/mol. The highest BCUT2D eigenvalue weighted by Gasteiger charge is 2.22. The zero-order valence-corrected chi connectivity index (χ0v) is 12.6. The molecule has 4 nitrogen and oxygen atoms in total. The van der Waals surface area contributed by atoms with Crippen LogP contribution < -0.4 is 5.32 Å². The van der Waals surface area contributed by atoms with Gasteiger partial charge >= 0.3 is 0 Å². The number of nitrogens with one attached hydrogen (secondary N) is 1. The van der Waals surface area contributed by atoms with Crippen molar-refractivity contribution in [2.45, 2.75) is 51.5 Å². The second-order valence-corrected chi connectivity index (χ2v) is 6.28. The Morgan fingerprint density at radius 2 is 2.00 bits per heavy atom. The molecule has 0 spiro atoms. The van der Waals surface area contributed by atoms with Gasteiger partial charge in [-0.15, -0.1) is 0 Å². The molecule has 0 atom stereocenters. The van der Waals surface area contributed by atoms with Crippen molar-refractivity contribution in [3.8, 4) is 0 Å². The molecule has 0 radical (unpaired) electrons. The van der Waals surface area contributed by atoms with Crippen molar-refractivity contribution < 1.29 is 4.74 Å². The quantitative estimate of drug-likeness (QED) is 0.919. The molecule has 0 bridgehead atoms. The van der Waals surface area contributed by atoms with Gasteiger partial charge in [-0.25, -0.2) is 4.98 Å². The molecule has 0 amide bonds. The van der Waals surface area contributed by atoms with Crippen molar-refractivity contribution in [2.75, 3.05) is 26.3 Å². The molecule has 4 heteroatoms. The molecule has 1 aromatic heterocycles. The summed E-state index contributed by atoms with van der Waals surface area (Å²) in [4.78, 5) is 4.70. The summed E-state index contributed by atoms with van der Waals surface area (Å²) in [6, 6.07) is 0. The summed E-state index contributed by atoms with van der Waals surface area (Å²) in [7, 11) is 0. The van der Waals surface area contributed by atoms with E-state index in [0.29, 0.717) is 5.92 Å². The molecule has 112 valence electrons. The van der Waals surface area contributed by atoms with E-state index in [1.54, 1.807) is 0 Å². The lowest BCUT2D eigenvalue weighted by Gasteiger charge is -2.25. The summed E-state index contributed by atoms with van der Waals surface area (Å²) in [5, 5.41) is 3.45. The minimum absolute atomic E-state index is 0.602. The van der Waals surface area contributed by atoms with Gasteiger partial charge in [-0.3, -0.25) is 0 Å². The fourth-order valence-electron chi connectivity index (χ4n) is 3.53. The topological polar surface area (TPSA) is 39.1 Å². The van der Waals surface area contributed by atoms with E-state index >= 15 is 0 Å². The van der Waals surface area contributed by atoms with E-state index in [-0.39, 0.29) is 0 Å². The molecule has 2 aliphatic heterocycles. The number of nitrogens with zero attached hydrogens (tertiary/aromatic N) is 2. The number of piperidine rings is 1. The highest BCUT2D eigenvalue weighted by molar-refractivity contribution is 5.08. The van der Waals surface area contributed by atoms with Crippen molar-refractivity contribution in [1.29, 1.82) is 0 Å². The zero-order valence-electron chi connectivity index (χ0n) is 12.6. The first kappa shape index (κ1) is 14.1. The minimum atomic E-state index is 0.602. The molecular weight excluding hydrogens is 250 g/mol. The van der Waals surface area contributed by atoms with Crippen LogP contribution in [0.5, 0.6) is 0 Å². The lowest BCUT2D eigenvalue weighted by Crippen LogP contribution is -2.28. The molecule has 2 fully saturated rings. The second kappa shape index (κ2) is 6.72. The molecule has 20 heavy (non-hydrogen) atoms. The third kappa shape index (κ3) is 3.23. The van der Waals surface area contributed by atoms with Crippen LogP contribution in [0.25, 0.3) is 0 Å². The molecule has 3 heterocycles. The Bertz CT molecular complexity index is 417. The van der Waals surface area contributed by atoms with Crippen LogP contribution in [-0.2, 0) is 11.3 Å². The van der Waals surface area contributed by atoms with Crippen LogP contribution in [0, 0.1) is 12.8 Å². The van der Waals surface area contributed by atoms with Crippen LogP contribution >= 0.6 is 0 Å². The Labute approximate surface area is 121 Å². The molecule has 0 saturated carbocycles. The number of ether oxygens (including phenoxy) is 1. The molecule has 3 rings (SSSR count). The van der Waals surface area contributed by atoms with E-state index in [0.717, 1.165) is 38.5 Å². The van der Waals surface area contributed by atoms with Gasteiger partial charge in [0.05, 0.1) is 0 Å². The van der Waals surface area contributed by atoms with Gasteiger partial charge in [-0.05, 0) is 58.0 Å². The molecule has 2 aliphatic rings. The Morgan fingerprint density at radius 3 is 2.75 bits per heavy atom. The van der Waals surface area contributed by atoms with Gasteiger partial charge in [0.25, 0.3) is 0 Å². The first-order valence-electron chi connectivity index (χ1n) is 8.15. The smallest absolute Gasteiger partial charge is 0.112 e. The maximum Gasteiger partial charge on any atom is 0.112 e. The molecule has 1 aromatic rings. The van der Waals surface area contributed by atoms with Crippen LogP contribution in [-0.4, -0.2) is 35.9 Å². The van der Waals surface area contributed by atoms with E-state index in [1.807, 2.05) is 6.20 Å². The maximum atomic E-state index is 5.48. The number of imidazole rings is 1. The molecule has 0 aliphatic carbocycles. The Balaban J connectivity index is 1.63. The van der Waals surface area contributed by atoms with Gasteiger partial charge in [0.2, 0.25) is 0 Å². The van der Waals surface area contributed by atoms with Gasteiger partial charge in [0.1, 0.15) is 5.82 Å². The van der Waals surface area contributed by atoms with Crippen molar-refractivity contribution >= 4 is 0 Å². The summed E-state index contributed by atoms with van der Waals surface area (Å²) in [5.74, 6) is 2.80. The van der Waals surface area contributed by atoms with E-state index in [4.69, 9.17) is 9.72 Å². The van der Waals surface area contributed by atoms with Crippen molar-refractivity contribution in [2.24, 2.45) is 5.92 Å². The zero-order chi connectivity index (χ0) is 13.8. The first-order valence-corrected chi connectivity index (χ1v) is 8.15. The Hall–Kier alpha value is -0.870. The summed E-state index contributed by atoms with van der Waals surface area (Å²) in [6.07, 6.45) is 8.27. The normalized spacial score (nSPS) is 22.2. The number of aryl methyl sites for hydroxylation is 1. The lowest BCUT2D eigenvalue weighted by molar-refractivity contribution is 0.0827. The van der Waals surface area contributed by atoms with Crippen LogP contribution in [0.4, 0.5) is 0 Å². The second-order valence-electron chi connectivity index (χ2n) is 6.28. The third-order valence-corrected chi connectivity index (χ3v) is 4.89. The summed E-state index contributed by atoms with van der Waals surface area (Å²) < 4.78 is 7.95. The third-order valence-electron chi connectivity index (χ3n) is 4.89. The fourth-order valence-corrected chi connectivity index (χ4v) is 3.53. The lowest BCUT2D eigenvalue weighted by atomic mass is 9.94. The summed E-state index contributed by atoms with van der Waals surface area (Å²) in [6.45, 7) is 7.51. The molecular formula is C16H27N3O. The summed E-state index contributed by atoms with van der Waals surface area (Å²) >= 11 is 0. The predicted octanol–water partition coefficient (Wildman–Crippen LogP) is 2.48. The van der Waals surface area contributed by atoms with Crippen LogP contribution in [0.15, 0.2) is 6.20 Å². The average molecular weight is 277 g/mol. The highest BCUT2D eigenvalue weighted by Crippen LogP contribution is 2.27. The van der Waals surface area contributed by atoms with Crippen molar-refractivity contribution in [1.82, 2.24) is 14.9 Å². The van der Waals surface area contributed by atoms with E-state index in [9.17, 15) is 0 Å².